The molecule has 0 amide bonds. The lowest BCUT2D eigenvalue weighted by molar-refractivity contribution is -0.141. The van der Waals surface area contributed by atoms with Gasteiger partial charge in [0.05, 0.1) is 5.92 Å². The molecule has 0 fully saturated rings. The van der Waals surface area contributed by atoms with Gasteiger partial charge in [0.1, 0.15) is 11.5 Å². The summed E-state index contributed by atoms with van der Waals surface area (Å²) in [5.41, 5.74) is 4.29. The van der Waals surface area contributed by atoms with Gasteiger partial charge in [-0.15, -0.1) is 0 Å². The highest BCUT2D eigenvalue weighted by Gasteiger charge is 2.21. The average Bonchev–Trinajstić information content (AvgIpc) is 2.62. The van der Waals surface area contributed by atoms with Crippen LogP contribution in [-0.4, -0.2) is 23.0 Å². The molecule has 0 aliphatic carbocycles. The first-order valence-corrected chi connectivity index (χ1v) is 9.83. The van der Waals surface area contributed by atoms with Crippen LogP contribution < -0.4 is 9.47 Å². The second-order valence-corrected chi connectivity index (χ2v) is 7.57. The van der Waals surface area contributed by atoms with Crippen molar-refractivity contribution < 1.29 is 29.0 Å². The summed E-state index contributed by atoms with van der Waals surface area (Å²) in [6.07, 6.45) is 4.67. The number of carbonyl (C=O) groups excluding carboxylic acids is 2. The summed E-state index contributed by atoms with van der Waals surface area (Å²) in [4.78, 5) is 34.1. The fourth-order valence-electron chi connectivity index (χ4n) is 3.16. The molecule has 0 saturated heterocycles. The predicted molar refractivity (Wildman–Crippen MR) is 111 cm³/mol. The molecule has 0 bridgehead atoms. The Balaban J connectivity index is 3.14. The molecule has 0 heterocycles. The Kier molecular flexibility index (Phi) is 9.08. The molecule has 0 aliphatic heterocycles. The highest BCUT2D eigenvalue weighted by molar-refractivity contribution is 5.74. The lowest BCUT2D eigenvalue weighted by Crippen LogP contribution is -2.12. The molecule has 1 aromatic rings. The van der Waals surface area contributed by atoms with Gasteiger partial charge in [0.15, 0.2) is 0 Å². The van der Waals surface area contributed by atoms with E-state index in [2.05, 4.69) is 0 Å². The zero-order chi connectivity index (χ0) is 22.3. The Morgan fingerprint density at radius 1 is 0.931 bits per heavy atom. The molecular formula is C23H32O6. The maximum Gasteiger partial charge on any atom is 0.308 e. The van der Waals surface area contributed by atoms with E-state index in [9.17, 15) is 14.4 Å². The van der Waals surface area contributed by atoms with Crippen LogP contribution in [0.1, 0.15) is 69.2 Å². The predicted octanol–water partition coefficient (Wildman–Crippen LogP) is 4.84. The van der Waals surface area contributed by atoms with Crippen molar-refractivity contribution in [3.8, 4) is 11.5 Å². The van der Waals surface area contributed by atoms with E-state index in [1.54, 1.807) is 6.92 Å². The fraction of sp³-hybridized carbons (Fsp3) is 0.522. The van der Waals surface area contributed by atoms with Gasteiger partial charge >= 0.3 is 17.9 Å². The first kappa shape index (κ1) is 24.4. The lowest BCUT2D eigenvalue weighted by Gasteiger charge is -2.21. The number of esters is 2. The summed E-state index contributed by atoms with van der Waals surface area (Å²) >= 11 is 0. The molecule has 29 heavy (non-hydrogen) atoms. The number of ether oxygens (including phenoxy) is 2. The summed E-state index contributed by atoms with van der Waals surface area (Å²) in [5.74, 6) is -0.920. The number of rotatable bonds is 9. The van der Waals surface area contributed by atoms with E-state index in [4.69, 9.17) is 14.6 Å². The standard InChI is InChI=1S/C23H32O6/c1-13(9-8-10-14(2)23(26)27)11-12-20-17(5)21(28-18(6)24)15(3)16(4)22(20)29-19(7)25/h9,14H,8,10-12H2,1-7H3,(H,26,27). The number of hydrogen-bond donors (Lipinski definition) is 1. The highest BCUT2D eigenvalue weighted by Crippen LogP contribution is 2.39. The Hall–Kier alpha value is -2.63. The van der Waals surface area contributed by atoms with Crippen molar-refractivity contribution in [3.05, 3.63) is 33.9 Å². The van der Waals surface area contributed by atoms with E-state index in [-0.39, 0.29) is 5.92 Å². The molecule has 1 rings (SSSR count). The van der Waals surface area contributed by atoms with Crippen molar-refractivity contribution in [2.45, 2.75) is 74.1 Å². The molecule has 6 heteroatoms. The molecule has 1 atom stereocenters. The number of aliphatic carboxylic acids is 1. The first-order valence-electron chi connectivity index (χ1n) is 9.83. The summed E-state index contributed by atoms with van der Waals surface area (Å²) < 4.78 is 10.9. The third kappa shape index (κ3) is 7.04. The van der Waals surface area contributed by atoms with Crippen molar-refractivity contribution in [1.29, 1.82) is 0 Å². The Morgan fingerprint density at radius 2 is 1.45 bits per heavy atom. The van der Waals surface area contributed by atoms with Gasteiger partial charge < -0.3 is 14.6 Å². The van der Waals surface area contributed by atoms with Gasteiger partial charge in [-0.3, -0.25) is 14.4 Å². The fourth-order valence-corrected chi connectivity index (χ4v) is 3.16. The zero-order valence-electron chi connectivity index (χ0n) is 18.5. The molecule has 0 spiro atoms. The zero-order valence-corrected chi connectivity index (χ0v) is 18.5. The normalized spacial score (nSPS) is 12.4. The minimum Gasteiger partial charge on any atom is -0.481 e. The molecule has 1 N–H and O–H groups in total. The minimum absolute atomic E-state index is 0.372. The van der Waals surface area contributed by atoms with E-state index >= 15 is 0 Å². The van der Waals surface area contributed by atoms with E-state index in [1.807, 2.05) is 33.8 Å². The van der Waals surface area contributed by atoms with Crippen LogP contribution in [-0.2, 0) is 20.8 Å². The maximum atomic E-state index is 11.6. The van der Waals surface area contributed by atoms with Gasteiger partial charge in [0.2, 0.25) is 0 Å². The molecule has 0 radical (unpaired) electrons. The van der Waals surface area contributed by atoms with Gasteiger partial charge in [0, 0.05) is 19.4 Å². The third-order valence-electron chi connectivity index (χ3n) is 5.09. The summed E-state index contributed by atoms with van der Waals surface area (Å²) in [7, 11) is 0. The Morgan fingerprint density at radius 3 is 1.97 bits per heavy atom. The molecule has 0 aliphatic rings. The van der Waals surface area contributed by atoms with Crippen molar-refractivity contribution >= 4 is 17.9 Å². The highest BCUT2D eigenvalue weighted by atomic mass is 16.5. The first-order chi connectivity index (χ1) is 13.5. The monoisotopic (exact) mass is 404 g/mol. The van der Waals surface area contributed by atoms with Gasteiger partial charge in [-0.25, -0.2) is 0 Å². The number of carboxylic acids is 1. The van der Waals surface area contributed by atoms with Crippen LogP contribution in [0.15, 0.2) is 11.6 Å². The van der Waals surface area contributed by atoms with Crippen LogP contribution in [0.25, 0.3) is 0 Å². The van der Waals surface area contributed by atoms with Crippen molar-refractivity contribution in [1.82, 2.24) is 0 Å². The molecular weight excluding hydrogens is 372 g/mol. The van der Waals surface area contributed by atoms with Crippen molar-refractivity contribution in [2.24, 2.45) is 5.92 Å². The second-order valence-electron chi connectivity index (χ2n) is 7.57. The van der Waals surface area contributed by atoms with E-state index in [0.717, 1.165) is 34.2 Å². The van der Waals surface area contributed by atoms with Gasteiger partial charge in [0.25, 0.3) is 0 Å². The quantitative estimate of drug-likeness (QED) is 0.360. The number of hydrogen-bond acceptors (Lipinski definition) is 5. The molecule has 1 unspecified atom stereocenters. The van der Waals surface area contributed by atoms with Crippen LogP contribution in [0.5, 0.6) is 11.5 Å². The smallest absolute Gasteiger partial charge is 0.308 e. The Labute approximate surface area is 172 Å². The topological polar surface area (TPSA) is 89.9 Å². The maximum absolute atomic E-state index is 11.6. The summed E-state index contributed by atoms with van der Waals surface area (Å²) in [6.45, 7) is 12.0. The Bertz CT molecular complexity index is 819. The molecule has 0 aromatic heterocycles. The largest absolute Gasteiger partial charge is 0.481 e. The molecule has 160 valence electrons. The summed E-state index contributed by atoms with van der Waals surface area (Å²) in [6, 6.07) is 0. The van der Waals surface area contributed by atoms with Crippen LogP contribution in [0.3, 0.4) is 0 Å². The third-order valence-corrected chi connectivity index (χ3v) is 5.09. The number of allylic oxidation sites excluding steroid dienone is 2. The van der Waals surface area contributed by atoms with Gasteiger partial charge in [-0.1, -0.05) is 18.6 Å². The van der Waals surface area contributed by atoms with E-state index in [1.165, 1.54) is 13.8 Å². The van der Waals surface area contributed by atoms with E-state index < -0.39 is 17.9 Å². The molecule has 6 nitrogen and oxygen atoms in total. The lowest BCUT2D eigenvalue weighted by atomic mass is 9.93. The number of carbonyl (C=O) groups is 3. The number of carboxylic acid groups (broad SMARTS) is 1. The van der Waals surface area contributed by atoms with Crippen LogP contribution in [0, 0.1) is 26.7 Å². The second kappa shape index (κ2) is 10.8. The number of benzene rings is 1. The molecule has 1 aromatic carbocycles. The van der Waals surface area contributed by atoms with Crippen molar-refractivity contribution in [3.63, 3.8) is 0 Å². The van der Waals surface area contributed by atoms with Gasteiger partial charge in [-0.2, -0.15) is 0 Å². The summed E-state index contributed by atoms with van der Waals surface area (Å²) in [5, 5.41) is 8.97. The average molecular weight is 405 g/mol. The van der Waals surface area contributed by atoms with E-state index in [0.29, 0.717) is 30.8 Å². The SMILES string of the molecule is CC(=O)Oc1c(C)c(C)c(OC(C)=O)c(CCC(C)=CCCC(C)C(=O)O)c1C. The van der Waals surface area contributed by atoms with Crippen molar-refractivity contribution in [2.75, 3.05) is 0 Å². The minimum atomic E-state index is -0.786. The van der Waals surface area contributed by atoms with Crippen LogP contribution >= 0.6 is 0 Å². The van der Waals surface area contributed by atoms with Gasteiger partial charge in [-0.05, 0) is 70.1 Å². The van der Waals surface area contributed by atoms with Crippen LogP contribution in [0.2, 0.25) is 0 Å². The molecule has 0 saturated carbocycles. The van der Waals surface area contributed by atoms with Crippen LogP contribution in [0.4, 0.5) is 0 Å².